The van der Waals surface area contributed by atoms with Crippen LogP contribution in [0.4, 0.5) is 11.5 Å². The second-order valence-electron chi connectivity index (χ2n) is 9.00. The van der Waals surface area contributed by atoms with Gasteiger partial charge in [-0.05, 0) is 54.8 Å². The number of methoxy groups -OCH3 is 1. The van der Waals surface area contributed by atoms with Crippen LogP contribution in [0.15, 0.2) is 97.3 Å². The highest BCUT2D eigenvalue weighted by molar-refractivity contribution is 5.95. The number of aromatic nitrogens is 2. The van der Waals surface area contributed by atoms with Crippen LogP contribution < -0.4 is 14.5 Å². The summed E-state index contributed by atoms with van der Waals surface area (Å²) in [6.07, 6.45) is 3.20. The number of hydrogen-bond donors (Lipinski definition) is 0. The molecule has 0 unspecified atom stereocenters. The van der Waals surface area contributed by atoms with E-state index in [9.17, 15) is 4.79 Å². The Morgan fingerprint density at radius 2 is 1.58 bits per heavy atom. The minimum atomic E-state index is -0.0203. The van der Waals surface area contributed by atoms with Crippen molar-refractivity contribution in [2.24, 2.45) is 5.92 Å². The summed E-state index contributed by atoms with van der Waals surface area (Å²) in [5, 5.41) is 0. The van der Waals surface area contributed by atoms with Gasteiger partial charge in [-0.2, -0.15) is 0 Å². The first kappa shape index (κ1) is 23.5. The van der Waals surface area contributed by atoms with Gasteiger partial charge in [0.25, 0.3) is 0 Å². The van der Waals surface area contributed by atoms with Gasteiger partial charge in [0.15, 0.2) is 0 Å². The number of hydrogen-bond acceptors (Lipinski definition) is 5. The van der Waals surface area contributed by atoms with E-state index in [1.807, 2.05) is 83.8 Å². The van der Waals surface area contributed by atoms with Crippen molar-refractivity contribution >= 4 is 17.4 Å². The number of para-hydroxylation sites is 1. The lowest BCUT2D eigenvalue weighted by atomic mass is 9.94. The van der Waals surface area contributed by atoms with Crippen molar-refractivity contribution in [2.45, 2.75) is 19.4 Å². The summed E-state index contributed by atoms with van der Waals surface area (Å²) in [6.45, 7) is 2.13. The number of ether oxygens (including phenoxy) is 1. The number of anilines is 2. The molecule has 6 heteroatoms. The molecular formula is C30H30N4O2. The molecule has 1 aliphatic heterocycles. The molecule has 1 amide bonds. The predicted octanol–water partition coefficient (Wildman–Crippen LogP) is 5.60. The van der Waals surface area contributed by atoms with Crippen molar-refractivity contribution in [3.8, 4) is 17.0 Å². The number of piperidine rings is 1. The molecule has 0 bridgehead atoms. The van der Waals surface area contributed by atoms with Gasteiger partial charge in [-0.1, -0.05) is 48.5 Å². The Bertz CT molecular complexity index is 1270. The molecule has 3 aromatic carbocycles. The maximum atomic E-state index is 13.7. The molecule has 1 aliphatic rings. The van der Waals surface area contributed by atoms with Gasteiger partial charge in [-0.25, -0.2) is 9.97 Å². The number of nitrogens with zero attached hydrogens (tertiary/aromatic N) is 4. The van der Waals surface area contributed by atoms with Gasteiger partial charge in [0.05, 0.1) is 19.3 Å². The van der Waals surface area contributed by atoms with Gasteiger partial charge in [-0.3, -0.25) is 4.79 Å². The molecule has 0 saturated carbocycles. The van der Waals surface area contributed by atoms with Crippen molar-refractivity contribution in [1.29, 1.82) is 0 Å². The molecule has 0 spiro atoms. The molecule has 0 N–H and O–H groups in total. The van der Waals surface area contributed by atoms with Crippen LogP contribution in [-0.2, 0) is 11.3 Å². The van der Waals surface area contributed by atoms with E-state index in [2.05, 4.69) is 27.0 Å². The zero-order valence-electron chi connectivity index (χ0n) is 20.5. The average molecular weight is 479 g/mol. The van der Waals surface area contributed by atoms with Gasteiger partial charge in [0.2, 0.25) is 5.91 Å². The summed E-state index contributed by atoms with van der Waals surface area (Å²) < 4.78 is 5.26. The molecule has 182 valence electrons. The Labute approximate surface area is 212 Å². The third kappa shape index (κ3) is 5.38. The number of carbonyl (C=O) groups is 1. The molecule has 1 saturated heterocycles. The van der Waals surface area contributed by atoms with E-state index in [1.54, 1.807) is 13.4 Å². The lowest BCUT2D eigenvalue weighted by molar-refractivity contribution is -0.123. The first-order chi connectivity index (χ1) is 17.7. The van der Waals surface area contributed by atoms with E-state index in [4.69, 9.17) is 4.74 Å². The first-order valence-electron chi connectivity index (χ1n) is 12.3. The van der Waals surface area contributed by atoms with Crippen LogP contribution in [0.2, 0.25) is 0 Å². The molecule has 6 nitrogen and oxygen atoms in total. The molecule has 1 aromatic heterocycles. The summed E-state index contributed by atoms with van der Waals surface area (Å²) in [7, 11) is 1.66. The molecule has 0 aliphatic carbocycles. The highest BCUT2D eigenvalue weighted by Gasteiger charge is 2.30. The van der Waals surface area contributed by atoms with Crippen LogP contribution in [-0.4, -0.2) is 36.1 Å². The van der Waals surface area contributed by atoms with Crippen molar-refractivity contribution in [1.82, 2.24) is 9.97 Å². The number of carbonyl (C=O) groups excluding carboxylic acids is 1. The molecule has 2 heterocycles. The number of rotatable bonds is 7. The monoisotopic (exact) mass is 478 g/mol. The van der Waals surface area contributed by atoms with Gasteiger partial charge >= 0.3 is 0 Å². The van der Waals surface area contributed by atoms with Crippen LogP contribution in [0.5, 0.6) is 5.75 Å². The molecule has 0 radical (unpaired) electrons. The van der Waals surface area contributed by atoms with Gasteiger partial charge < -0.3 is 14.5 Å². The standard InChI is InChI=1S/C30H30N4O2/c1-36-27-14-12-24(13-15-27)28-20-29(32-22-31-28)33-18-16-25(17-19-33)30(35)34(26-10-6-3-7-11-26)21-23-8-4-2-5-9-23/h2-15,20,22,25H,16-19,21H2,1H3. The molecule has 36 heavy (non-hydrogen) atoms. The zero-order chi connectivity index (χ0) is 24.7. The van der Waals surface area contributed by atoms with Crippen molar-refractivity contribution in [3.63, 3.8) is 0 Å². The Morgan fingerprint density at radius 3 is 2.25 bits per heavy atom. The fourth-order valence-electron chi connectivity index (χ4n) is 4.69. The van der Waals surface area contributed by atoms with Crippen molar-refractivity contribution in [3.05, 3.63) is 103 Å². The van der Waals surface area contributed by atoms with E-state index in [-0.39, 0.29) is 11.8 Å². The maximum absolute atomic E-state index is 13.7. The Hall–Kier alpha value is -4.19. The smallest absolute Gasteiger partial charge is 0.230 e. The summed E-state index contributed by atoms with van der Waals surface area (Å²) in [5.41, 5.74) is 3.95. The lowest BCUT2D eigenvalue weighted by Crippen LogP contribution is -2.42. The average Bonchev–Trinajstić information content (AvgIpc) is 2.97. The topological polar surface area (TPSA) is 58.6 Å². The van der Waals surface area contributed by atoms with Gasteiger partial charge in [0, 0.05) is 36.3 Å². The van der Waals surface area contributed by atoms with Gasteiger partial charge in [0.1, 0.15) is 17.9 Å². The fraction of sp³-hybridized carbons (Fsp3) is 0.233. The second-order valence-corrected chi connectivity index (χ2v) is 9.00. The van der Waals surface area contributed by atoms with E-state index >= 15 is 0 Å². The van der Waals surface area contributed by atoms with Crippen LogP contribution in [0, 0.1) is 5.92 Å². The minimum absolute atomic E-state index is 0.0203. The highest BCUT2D eigenvalue weighted by atomic mass is 16.5. The van der Waals surface area contributed by atoms with Crippen LogP contribution in [0.25, 0.3) is 11.3 Å². The molecule has 0 atom stereocenters. The third-order valence-corrected chi connectivity index (χ3v) is 6.72. The first-order valence-corrected chi connectivity index (χ1v) is 12.3. The molecule has 5 rings (SSSR count). The summed E-state index contributed by atoms with van der Waals surface area (Å²) in [6, 6.07) is 30.0. The summed E-state index contributed by atoms with van der Waals surface area (Å²) in [5.74, 6) is 1.88. The minimum Gasteiger partial charge on any atom is -0.497 e. The molecular weight excluding hydrogens is 448 g/mol. The third-order valence-electron chi connectivity index (χ3n) is 6.72. The molecule has 4 aromatic rings. The summed E-state index contributed by atoms with van der Waals surface area (Å²) >= 11 is 0. The van der Waals surface area contributed by atoms with Crippen LogP contribution in [0.1, 0.15) is 18.4 Å². The van der Waals surface area contributed by atoms with Crippen molar-refractivity contribution < 1.29 is 9.53 Å². The largest absolute Gasteiger partial charge is 0.497 e. The summed E-state index contributed by atoms with van der Waals surface area (Å²) in [4.78, 5) is 26.9. The highest BCUT2D eigenvalue weighted by Crippen LogP contribution is 2.29. The lowest BCUT2D eigenvalue weighted by Gasteiger charge is -2.35. The number of amides is 1. The number of benzene rings is 3. The van der Waals surface area contributed by atoms with Crippen LogP contribution in [0.3, 0.4) is 0 Å². The van der Waals surface area contributed by atoms with E-state index in [0.717, 1.165) is 60.0 Å². The van der Waals surface area contributed by atoms with E-state index in [1.165, 1.54) is 0 Å². The van der Waals surface area contributed by atoms with Crippen LogP contribution >= 0.6 is 0 Å². The Kier molecular flexibility index (Phi) is 7.22. The van der Waals surface area contributed by atoms with E-state index in [0.29, 0.717) is 6.54 Å². The molecule has 1 fully saturated rings. The zero-order valence-corrected chi connectivity index (χ0v) is 20.5. The van der Waals surface area contributed by atoms with Crippen molar-refractivity contribution in [2.75, 3.05) is 30.0 Å². The fourth-order valence-corrected chi connectivity index (χ4v) is 4.69. The Morgan fingerprint density at radius 1 is 0.917 bits per heavy atom. The maximum Gasteiger partial charge on any atom is 0.230 e. The van der Waals surface area contributed by atoms with Gasteiger partial charge in [-0.15, -0.1) is 0 Å². The SMILES string of the molecule is COc1ccc(-c2cc(N3CCC(C(=O)N(Cc4ccccc4)c4ccccc4)CC3)ncn2)cc1. The predicted molar refractivity (Wildman–Crippen MR) is 143 cm³/mol. The quantitative estimate of drug-likeness (QED) is 0.346. The Balaban J connectivity index is 1.28. The normalized spacial score (nSPS) is 13.9. The van der Waals surface area contributed by atoms with E-state index < -0.39 is 0 Å². The second kappa shape index (κ2) is 11.0.